The summed E-state index contributed by atoms with van der Waals surface area (Å²) in [6.07, 6.45) is 0. The Kier molecular flexibility index (Phi) is 6.18. The molecule has 0 aliphatic rings. The van der Waals surface area contributed by atoms with Gasteiger partial charge in [0.15, 0.2) is 13.0 Å². The lowest BCUT2D eigenvalue weighted by molar-refractivity contribution is -0.746. The van der Waals surface area contributed by atoms with Gasteiger partial charge in [0.05, 0.1) is 18.4 Å². The van der Waals surface area contributed by atoms with Crippen LogP contribution in [0.2, 0.25) is 0 Å². The van der Waals surface area contributed by atoms with Crippen molar-refractivity contribution in [2.75, 3.05) is 20.3 Å². The van der Waals surface area contributed by atoms with Gasteiger partial charge in [0.25, 0.3) is 0 Å². The number of rotatable bonds is 5. The molecule has 0 atom stereocenters. The van der Waals surface area contributed by atoms with Crippen molar-refractivity contribution in [1.29, 1.82) is 0 Å². The smallest absolute Gasteiger partial charge is 0.246 e. The molecule has 1 rings (SSSR count). The maximum atomic E-state index is 11.0. The molecule has 82 valence electrons. The zero-order valence-electron chi connectivity index (χ0n) is 8.15. The van der Waals surface area contributed by atoms with Crippen LogP contribution in [0.1, 0.15) is 5.69 Å². The maximum Gasteiger partial charge on any atom is 0.246 e. The van der Waals surface area contributed by atoms with Crippen molar-refractivity contribution in [3.05, 3.63) is 5.69 Å². The molecule has 0 aromatic carbocycles. The van der Waals surface area contributed by atoms with Crippen LogP contribution >= 0.6 is 12.4 Å². The molecule has 14 heavy (non-hydrogen) atoms. The molecule has 0 aliphatic heterocycles. The highest BCUT2D eigenvalue weighted by atomic mass is 35.5. The van der Waals surface area contributed by atoms with Gasteiger partial charge < -0.3 is 19.7 Å². The summed E-state index contributed by atoms with van der Waals surface area (Å²) in [6, 6.07) is 0. The second-order valence-electron chi connectivity index (χ2n) is 2.60. The summed E-state index contributed by atoms with van der Waals surface area (Å²) in [6.45, 7) is 1.76. The highest BCUT2D eigenvalue weighted by molar-refractivity contribution is 5.85. The normalized spacial score (nSPS) is 9.86. The first-order valence-electron chi connectivity index (χ1n) is 3.97. The Morgan fingerprint density at radius 1 is 1.64 bits per heavy atom. The van der Waals surface area contributed by atoms with E-state index < -0.39 is 5.95 Å². The fraction of sp³-hybridized carbons (Fsp3) is 0.714. The third-order valence-corrected chi connectivity index (χ3v) is 1.65. The second-order valence-corrected chi connectivity index (χ2v) is 2.60. The van der Waals surface area contributed by atoms with E-state index in [0.717, 1.165) is 0 Å². The number of ether oxygens (including phenoxy) is 1. The molecule has 1 N–H and O–H groups in total. The third-order valence-electron chi connectivity index (χ3n) is 1.65. The molecule has 1 aromatic rings. The Balaban J connectivity index is 0.00000169. The molecule has 0 spiro atoms. The molecule has 1 heterocycles. The standard InChI is InChI=1S/C7H13N3O3.ClH/c1-10-6(7(11)13-9-10)5-8-3-4-12-2;/h8H,3-5H2,1-2H3;1H. The number of nitrogens with one attached hydrogen (secondary N) is 1. The summed E-state index contributed by atoms with van der Waals surface area (Å²) in [7, 11) is 3.29. The van der Waals surface area contributed by atoms with Crippen LogP contribution in [0.4, 0.5) is 0 Å². The van der Waals surface area contributed by atoms with E-state index in [0.29, 0.717) is 25.4 Å². The van der Waals surface area contributed by atoms with E-state index in [1.165, 1.54) is 4.68 Å². The van der Waals surface area contributed by atoms with Crippen LogP contribution in [-0.2, 0) is 18.3 Å². The van der Waals surface area contributed by atoms with Crippen molar-refractivity contribution < 1.29 is 19.0 Å². The van der Waals surface area contributed by atoms with Crippen molar-refractivity contribution in [2.45, 2.75) is 6.54 Å². The Morgan fingerprint density at radius 3 is 2.86 bits per heavy atom. The summed E-state index contributed by atoms with van der Waals surface area (Å²) < 4.78 is 10.7. The van der Waals surface area contributed by atoms with Gasteiger partial charge in [-0.2, -0.15) is 0 Å². The number of nitrogens with zero attached hydrogens (tertiary/aromatic N) is 2. The summed E-state index contributed by atoms with van der Waals surface area (Å²) in [5.41, 5.74) is 0.510. The van der Waals surface area contributed by atoms with Crippen LogP contribution in [0, 0.1) is 0 Å². The lowest BCUT2D eigenvalue weighted by Crippen LogP contribution is -2.37. The molecule has 0 radical (unpaired) electrons. The molecule has 1 aromatic heterocycles. The van der Waals surface area contributed by atoms with Crippen LogP contribution in [0.5, 0.6) is 5.95 Å². The topological polar surface area (TPSA) is 74.2 Å². The van der Waals surface area contributed by atoms with Gasteiger partial charge in [0, 0.05) is 13.7 Å². The molecule has 0 fully saturated rings. The molecule has 6 nitrogen and oxygen atoms in total. The Hall–Kier alpha value is -0.850. The van der Waals surface area contributed by atoms with Crippen molar-refractivity contribution in [3.63, 3.8) is 0 Å². The predicted molar refractivity (Wildman–Crippen MR) is 48.0 cm³/mol. The fourth-order valence-electron chi connectivity index (χ4n) is 0.900. The summed E-state index contributed by atoms with van der Waals surface area (Å²) in [5.74, 6) is -0.396. The molecular formula is C7H14ClN3O3. The van der Waals surface area contributed by atoms with E-state index >= 15 is 0 Å². The fourth-order valence-corrected chi connectivity index (χ4v) is 0.900. The molecular weight excluding hydrogens is 210 g/mol. The molecule has 0 amide bonds. The number of aromatic nitrogens is 2. The summed E-state index contributed by atoms with van der Waals surface area (Å²) in [5, 5.41) is 17.5. The van der Waals surface area contributed by atoms with E-state index in [9.17, 15) is 5.11 Å². The van der Waals surface area contributed by atoms with Crippen LogP contribution in [-0.4, -0.2) is 25.5 Å². The lowest BCUT2D eigenvalue weighted by atomic mass is 10.4. The maximum absolute atomic E-state index is 11.0. The second kappa shape index (κ2) is 6.58. The first-order valence-corrected chi connectivity index (χ1v) is 3.97. The minimum atomic E-state index is -0.396. The summed E-state index contributed by atoms with van der Waals surface area (Å²) in [4.78, 5) is 0. The van der Waals surface area contributed by atoms with Crippen molar-refractivity contribution in [3.8, 4) is 5.95 Å². The van der Waals surface area contributed by atoms with E-state index in [4.69, 9.17) is 4.74 Å². The van der Waals surface area contributed by atoms with Gasteiger partial charge in [0.1, 0.15) is 0 Å². The molecule has 0 aliphatic carbocycles. The number of aryl methyl sites for hydroxylation is 1. The number of halogens is 1. The van der Waals surface area contributed by atoms with Gasteiger partial charge in [-0.3, -0.25) is 0 Å². The number of methoxy groups -OCH3 is 1. The molecule has 7 heteroatoms. The lowest BCUT2D eigenvalue weighted by Gasteiger charge is -2.00. The van der Waals surface area contributed by atoms with E-state index in [2.05, 4.69) is 15.1 Å². The third kappa shape index (κ3) is 3.49. The molecule has 0 bridgehead atoms. The highest BCUT2D eigenvalue weighted by Gasteiger charge is 2.11. The zero-order chi connectivity index (χ0) is 9.68. The van der Waals surface area contributed by atoms with Crippen LogP contribution < -0.4 is 15.1 Å². The van der Waals surface area contributed by atoms with E-state index in [1.54, 1.807) is 14.2 Å². The first-order chi connectivity index (χ1) is 6.25. The van der Waals surface area contributed by atoms with Crippen LogP contribution in [0.25, 0.3) is 0 Å². The highest BCUT2D eigenvalue weighted by Crippen LogP contribution is 2.04. The number of hydrogen-bond donors (Lipinski definition) is 1. The first kappa shape index (κ1) is 13.2. The predicted octanol–water partition coefficient (Wildman–Crippen LogP) is -1.27. The largest absolute Gasteiger partial charge is 0.539 e. The molecule has 0 saturated heterocycles. The number of hydrogen-bond acceptors (Lipinski definition) is 5. The average Bonchev–Trinajstić information content (AvgIpc) is 2.42. The van der Waals surface area contributed by atoms with Crippen LogP contribution in [0.3, 0.4) is 0 Å². The van der Waals surface area contributed by atoms with Gasteiger partial charge in [-0.05, 0) is 0 Å². The SMILES string of the molecule is COCCNCc1c([O-])on[n+]1C.Cl. The van der Waals surface area contributed by atoms with Gasteiger partial charge >= 0.3 is 0 Å². The van der Waals surface area contributed by atoms with Crippen molar-refractivity contribution >= 4 is 12.4 Å². The van der Waals surface area contributed by atoms with Gasteiger partial charge in [0.2, 0.25) is 5.69 Å². The molecule has 0 unspecified atom stereocenters. The minimum absolute atomic E-state index is 0. The van der Waals surface area contributed by atoms with E-state index in [-0.39, 0.29) is 12.4 Å². The quantitative estimate of drug-likeness (QED) is 0.498. The monoisotopic (exact) mass is 223 g/mol. The van der Waals surface area contributed by atoms with Crippen LogP contribution in [0.15, 0.2) is 4.52 Å². The van der Waals surface area contributed by atoms with Crippen molar-refractivity contribution in [2.24, 2.45) is 7.05 Å². The molecule has 0 saturated carbocycles. The zero-order valence-corrected chi connectivity index (χ0v) is 8.97. The van der Waals surface area contributed by atoms with Gasteiger partial charge in [-0.1, -0.05) is 4.68 Å². The summed E-state index contributed by atoms with van der Waals surface area (Å²) >= 11 is 0. The van der Waals surface area contributed by atoms with Crippen molar-refractivity contribution in [1.82, 2.24) is 10.6 Å². The van der Waals surface area contributed by atoms with Gasteiger partial charge in [-0.15, -0.1) is 12.4 Å². The Bertz CT molecular complexity index is 247. The average molecular weight is 224 g/mol. The minimum Gasteiger partial charge on any atom is -0.539 e. The Labute approximate surface area is 88.2 Å². The van der Waals surface area contributed by atoms with E-state index in [1.807, 2.05) is 0 Å². The van der Waals surface area contributed by atoms with Gasteiger partial charge in [-0.25, -0.2) is 0 Å². The Morgan fingerprint density at radius 2 is 2.36 bits per heavy atom.